The molecule has 1 aromatic carbocycles. The maximum absolute atomic E-state index is 12.4. The van der Waals surface area contributed by atoms with Crippen LogP contribution in [0, 0.1) is 20.8 Å². The fraction of sp³-hybridized carbons (Fsp3) is 0.333. The molecule has 25 heavy (non-hydrogen) atoms. The summed E-state index contributed by atoms with van der Waals surface area (Å²) < 4.78 is 10.5. The van der Waals surface area contributed by atoms with Crippen LogP contribution in [0.1, 0.15) is 33.3 Å². The van der Waals surface area contributed by atoms with Crippen molar-refractivity contribution in [3.63, 3.8) is 0 Å². The number of thiophene rings is 1. The molecule has 2 rings (SSSR count). The molecule has 1 amide bonds. The molecule has 134 valence electrons. The predicted octanol–water partition coefficient (Wildman–Crippen LogP) is 4.52. The molecule has 1 N–H and O–H groups in total. The van der Waals surface area contributed by atoms with E-state index >= 15 is 0 Å². The number of amides is 1. The van der Waals surface area contributed by atoms with Crippen LogP contribution in [0.3, 0.4) is 0 Å². The first-order chi connectivity index (χ1) is 11.7. The molecule has 5 nitrogen and oxygen atoms in total. The van der Waals surface area contributed by atoms with Gasteiger partial charge in [0.25, 0.3) is 5.91 Å². The smallest absolute Gasteiger partial charge is 0.341 e. The van der Waals surface area contributed by atoms with Crippen molar-refractivity contribution in [3.8, 4) is 5.75 Å². The molecule has 0 aliphatic heterocycles. The second-order valence-electron chi connectivity index (χ2n) is 5.64. The molecule has 1 unspecified atom stereocenters. The zero-order valence-corrected chi connectivity index (χ0v) is 16.3. The van der Waals surface area contributed by atoms with Crippen molar-refractivity contribution < 1.29 is 19.1 Å². The van der Waals surface area contributed by atoms with Gasteiger partial charge in [-0.05, 0) is 57.0 Å². The van der Waals surface area contributed by atoms with Gasteiger partial charge < -0.3 is 14.8 Å². The summed E-state index contributed by atoms with van der Waals surface area (Å²) in [7, 11) is 1.31. The molecule has 1 heterocycles. The standard InChI is InChI=1S/C18H20ClNO4S/c1-9-8-13(6-7-14(9)19)24-11(3)16(21)20-17-15(18(22)23-5)10(2)12(4)25-17/h6-8,11H,1-5H3,(H,20,21). The molecule has 7 heteroatoms. The van der Waals surface area contributed by atoms with Gasteiger partial charge in [-0.1, -0.05) is 11.6 Å². The van der Waals surface area contributed by atoms with E-state index in [1.54, 1.807) is 25.1 Å². The Morgan fingerprint density at radius 3 is 2.52 bits per heavy atom. The number of hydrogen-bond donors (Lipinski definition) is 1. The molecule has 1 aromatic heterocycles. The van der Waals surface area contributed by atoms with Crippen molar-refractivity contribution in [2.75, 3.05) is 12.4 Å². The topological polar surface area (TPSA) is 64.6 Å². The minimum atomic E-state index is -0.742. The van der Waals surface area contributed by atoms with E-state index in [4.69, 9.17) is 21.1 Å². The van der Waals surface area contributed by atoms with Crippen LogP contribution >= 0.6 is 22.9 Å². The van der Waals surface area contributed by atoms with Crippen LogP contribution in [0.4, 0.5) is 5.00 Å². The number of rotatable bonds is 5. The van der Waals surface area contributed by atoms with Gasteiger partial charge in [0.15, 0.2) is 6.10 Å². The van der Waals surface area contributed by atoms with Gasteiger partial charge in [0, 0.05) is 9.90 Å². The molecule has 0 bridgehead atoms. The van der Waals surface area contributed by atoms with E-state index in [1.165, 1.54) is 18.4 Å². The summed E-state index contributed by atoms with van der Waals surface area (Å²) in [6, 6.07) is 5.20. The van der Waals surface area contributed by atoms with Gasteiger partial charge in [0.1, 0.15) is 10.8 Å². The number of benzene rings is 1. The van der Waals surface area contributed by atoms with Gasteiger partial charge in [0.05, 0.1) is 12.7 Å². The molecule has 0 saturated heterocycles. The molecule has 0 fully saturated rings. The summed E-state index contributed by atoms with van der Waals surface area (Å²) in [6.07, 6.45) is -0.742. The van der Waals surface area contributed by atoms with Crippen molar-refractivity contribution in [2.45, 2.75) is 33.8 Å². The largest absolute Gasteiger partial charge is 0.481 e. The fourth-order valence-electron chi connectivity index (χ4n) is 2.22. The number of hydrogen-bond acceptors (Lipinski definition) is 5. The monoisotopic (exact) mass is 381 g/mol. The Bertz CT molecular complexity index is 816. The van der Waals surface area contributed by atoms with Gasteiger partial charge >= 0.3 is 5.97 Å². The van der Waals surface area contributed by atoms with Crippen LogP contribution in [0.5, 0.6) is 5.75 Å². The Balaban J connectivity index is 2.15. The van der Waals surface area contributed by atoms with Crippen LogP contribution in [0.15, 0.2) is 18.2 Å². The van der Waals surface area contributed by atoms with Crippen molar-refractivity contribution in [1.29, 1.82) is 0 Å². The van der Waals surface area contributed by atoms with Gasteiger partial charge in [-0.2, -0.15) is 0 Å². The Labute approximate surface area is 155 Å². The van der Waals surface area contributed by atoms with E-state index in [0.717, 1.165) is 16.0 Å². The van der Waals surface area contributed by atoms with Crippen molar-refractivity contribution in [2.24, 2.45) is 0 Å². The SMILES string of the molecule is COC(=O)c1c(NC(=O)C(C)Oc2ccc(Cl)c(C)c2)sc(C)c1C. The summed E-state index contributed by atoms with van der Waals surface area (Å²) in [6.45, 7) is 7.22. The molecule has 0 aliphatic rings. The van der Waals surface area contributed by atoms with E-state index in [1.807, 2.05) is 20.8 Å². The lowest BCUT2D eigenvalue weighted by atomic mass is 10.1. The minimum absolute atomic E-state index is 0.348. The number of ether oxygens (including phenoxy) is 2. The van der Waals surface area contributed by atoms with Gasteiger partial charge in [-0.3, -0.25) is 4.79 Å². The van der Waals surface area contributed by atoms with Crippen molar-refractivity contribution >= 4 is 39.8 Å². The number of esters is 1. The van der Waals surface area contributed by atoms with Gasteiger partial charge in [-0.15, -0.1) is 11.3 Å². The molecule has 2 aromatic rings. The number of nitrogens with one attached hydrogen (secondary N) is 1. The first-order valence-corrected chi connectivity index (χ1v) is 8.86. The van der Waals surface area contributed by atoms with Crippen LogP contribution in [0.2, 0.25) is 5.02 Å². The summed E-state index contributed by atoms with van der Waals surface area (Å²) in [4.78, 5) is 25.4. The van der Waals surface area contributed by atoms with Crippen LogP contribution in [-0.4, -0.2) is 25.1 Å². The second-order valence-corrected chi connectivity index (χ2v) is 7.27. The third-order valence-corrected chi connectivity index (χ3v) is 5.37. The maximum Gasteiger partial charge on any atom is 0.341 e. The van der Waals surface area contributed by atoms with Crippen LogP contribution in [-0.2, 0) is 9.53 Å². The lowest BCUT2D eigenvalue weighted by Crippen LogP contribution is -2.30. The average Bonchev–Trinajstić information content (AvgIpc) is 2.84. The summed E-state index contributed by atoms with van der Waals surface area (Å²) in [5.41, 5.74) is 2.05. The first-order valence-electron chi connectivity index (χ1n) is 7.66. The lowest BCUT2D eigenvalue weighted by Gasteiger charge is -2.15. The van der Waals surface area contributed by atoms with Gasteiger partial charge in [-0.25, -0.2) is 4.79 Å². The minimum Gasteiger partial charge on any atom is -0.481 e. The number of halogens is 1. The highest BCUT2D eigenvalue weighted by molar-refractivity contribution is 7.16. The Kier molecular flexibility index (Phi) is 6.08. The van der Waals surface area contributed by atoms with E-state index in [-0.39, 0.29) is 5.91 Å². The Hall–Kier alpha value is -2.05. The lowest BCUT2D eigenvalue weighted by molar-refractivity contribution is -0.122. The summed E-state index contributed by atoms with van der Waals surface area (Å²) in [5.74, 6) is -0.269. The molecule has 0 radical (unpaired) electrons. The number of carbonyl (C=O) groups excluding carboxylic acids is 2. The van der Waals surface area contributed by atoms with E-state index in [2.05, 4.69) is 5.32 Å². The van der Waals surface area contributed by atoms with Crippen LogP contribution in [0.25, 0.3) is 0 Å². The van der Waals surface area contributed by atoms with E-state index in [9.17, 15) is 9.59 Å². The summed E-state index contributed by atoms with van der Waals surface area (Å²) >= 11 is 7.32. The third-order valence-electron chi connectivity index (χ3n) is 3.82. The maximum atomic E-state index is 12.4. The molecule has 1 atom stereocenters. The molecular weight excluding hydrogens is 362 g/mol. The van der Waals surface area contributed by atoms with Crippen LogP contribution < -0.4 is 10.1 Å². The predicted molar refractivity (Wildman–Crippen MR) is 100 cm³/mol. The Morgan fingerprint density at radius 2 is 1.92 bits per heavy atom. The normalized spacial score (nSPS) is 11.8. The molecule has 0 saturated carbocycles. The highest BCUT2D eigenvalue weighted by Crippen LogP contribution is 2.33. The highest BCUT2D eigenvalue weighted by Gasteiger charge is 2.24. The molecular formula is C18H20ClNO4S. The molecule has 0 spiro atoms. The zero-order chi connectivity index (χ0) is 18.7. The number of aryl methyl sites for hydroxylation is 2. The molecule has 0 aliphatic carbocycles. The van der Waals surface area contributed by atoms with Crippen molar-refractivity contribution in [1.82, 2.24) is 0 Å². The highest BCUT2D eigenvalue weighted by atomic mass is 35.5. The fourth-order valence-corrected chi connectivity index (χ4v) is 3.39. The number of anilines is 1. The van der Waals surface area contributed by atoms with E-state index < -0.39 is 12.1 Å². The average molecular weight is 382 g/mol. The quantitative estimate of drug-likeness (QED) is 0.773. The van der Waals surface area contributed by atoms with Crippen molar-refractivity contribution in [3.05, 3.63) is 44.8 Å². The van der Waals surface area contributed by atoms with E-state index in [0.29, 0.717) is 21.3 Å². The first kappa shape index (κ1) is 19.3. The Morgan fingerprint density at radius 1 is 1.24 bits per heavy atom. The zero-order valence-electron chi connectivity index (χ0n) is 14.7. The van der Waals surface area contributed by atoms with Gasteiger partial charge in [0.2, 0.25) is 0 Å². The third kappa shape index (κ3) is 4.32. The number of carbonyl (C=O) groups is 2. The second kappa shape index (κ2) is 7.89. The summed E-state index contributed by atoms with van der Waals surface area (Å²) in [5, 5.41) is 3.86. The number of methoxy groups -OCH3 is 1.